The van der Waals surface area contributed by atoms with Crippen LogP contribution in [0.3, 0.4) is 0 Å². The van der Waals surface area contributed by atoms with Crippen molar-refractivity contribution < 1.29 is 24.5 Å². The van der Waals surface area contributed by atoms with E-state index < -0.39 is 8.07 Å². The fourth-order valence-electron chi connectivity index (χ4n) is 7.29. The van der Waals surface area contributed by atoms with Crippen LogP contribution in [0, 0.1) is 17.5 Å². The van der Waals surface area contributed by atoms with Crippen LogP contribution in [-0.2, 0) is 39.4 Å². The van der Waals surface area contributed by atoms with E-state index in [-0.39, 0.29) is 25.5 Å². The predicted molar refractivity (Wildman–Crippen MR) is 213 cm³/mol. The molecule has 1 aliphatic carbocycles. The Balaban J connectivity index is 0.000000182. The molecule has 5 heteroatoms. The molecule has 7 aromatic rings. The molecule has 0 N–H and O–H groups in total. The summed E-state index contributed by atoms with van der Waals surface area (Å²) in [5.41, 5.74) is 12.9. The SMILES string of the molecule is CC(C)(C)Cc1cc(-c2[c-]cccc2)ncc1[Si](C)(C)C.[Ir].[c-]1ccc2c(oc3cccc(-c4ccccc4)c32)c1-c1nccc2c1CCCC2. The molecule has 261 valence electrons. The average Bonchev–Trinajstić information content (AvgIpc) is 3.51. The molecule has 4 aromatic carbocycles. The van der Waals surface area contributed by atoms with Crippen molar-refractivity contribution in [3.05, 3.63) is 138 Å². The average molecular weight is 863 g/mol. The smallest absolute Gasteiger partial charge is 0.121 e. The van der Waals surface area contributed by atoms with E-state index in [0.717, 1.165) is 63.7 Å². The summed E-state index contributed by atoms with van der Waals surface area (Å²) in [6.45, 7) is 14.1. The molecule has 1 radical (unpaired) electrons. The van der Waals surface area contributed by atoms with E-state index in [1.807, 2.05) is 36.5 Å². The number of nitrogens with zero attached hydrogens (tertiary/aromatic N) is 2. The number of aryl methyl sites for hydroxylation is 1. The minimum Gasteiger partial charge on any atom is -0.501 e. The first kappa shape index (κ1) is 36.6. The predicted octanol–water partition coefficient (Wildman–Crippen LogP) is 11.7. The summed E-state index contributed by atoms with van der Waals surface area (Å²) in [5.74, 6) is 0. The van der Waals surface area contributed by atoms with Gasteiger partial charge in [-0.1, -0.05) is 117 Å². The largest absolute Gasteiger partial charge is 0.501 e. The van der Waals surface area contributed by atoms with Crippen LogP contribution in [0.5, 0.6) is 0 Å². The summed E-state index contributed by atoms with van der Waals surface area (Å²) in [5, 5.41) is 3.77. The first-order valence-electron chi connectivity index (χ1n) is 17.9. The Hall–Kier alpha value is -4.15. The second kappa shape index (κ2) is 15.2. The summed E-state index contributed by atoms with van der Waals surface area (Å²) in [6.07, 6.45) is 9.84. The number of furan rings is 1. The van der Waals surface area contributed by atoms with Crippen molar-refractivity contribution in [2.24, 2.45) is 5.41 Å². The van der Waals surface area contributed by atoms with Crippen molar-refractivity contribution in [1.29, 1.82) is 0 Å². The van der Waals surface area contributed by atoms with Gasteiger partial charge in [0.15, 0.2) is 0 Å². The van der Waals surface area contributed by atoms with Gasteiger partial charge >= 0.3 is 0 Å². The molecule has 0 saturated carbocycles. The van der Waals surface area contributed by atoms with Gasteiger partial charge in [-0.25, -0.2) is 0 Å². The van der Waals surface area contributed by atoms with Gasteiger partial charge in [-0.15, -0.1) is 54.1 Å². The van der Waals surface area contributed by atoms with Gasteiger partial charge in [0.25, 0.3) is 0 Å². The van der Waals surface area contributed by atoms with Crippen LogP contribution in [0.1, 0.15) is 50.3 Å². The molecule has 0 bridgehead atoms. The molecule has 1 aliphatic rings. The van der Waals surface area contributed by atoms with Gasteiger partial charge in [-0.2, -0.15) is 0 Å². The Morgan fingerprint density at radius 2 is 1.59 bits per heavy atom. The Kier molecular flexibility index (Phi) is 10.9. The number of benzene rings is 4. The van der Waals surface area contributed by atoms with Gasteiger partial charge in [0.2, 0.25) is 0 Å². The van der Waals surface area contributed by atoms with Crippen LogP contribution in [0.25, 0.3) is 55.6 Å². The van der Waals surface area contributed by atoms with Crippen LogP contribution in [0.15, 0.2) is 114 Å². The van der Waals surface area contributed by atoms with E-state index >= 15 is 0 Å². The van der Waals surface area contributed by atoms with E-state index in [4.69, 9.17) is 14.4 Å². The molecular weight excluding hydrogens is 817 g/mol. The Morgan fingerprint density at radius 1 is 0.804 bits per heavy atom. The topological polar surface area (TPSA) is 38.9 Å². The molecule has 8 rings (SSSR count). The zero-order chi connectivity index (χ0) is 34.9. The van der Waals surface area contributed by atoms with Crippen LogP contribution in [0.4, 0.5) is 0 Å². The second-order valence-corrected chi connectivity index (χ2v) is 20.8. The maximum Gasteiger partial charge on any atom is 0.121 e. The third-order valence-electron chi connectivity index (χ3n) is 9.56. The Labute approximate surface area is 317 Å². The molecule has 3 nitrogen and oxygen atoms in total. The number of rotatable bonds is 5. The maximum absolute atomic E-state index is 6.42. The van der Waals surface area contributed by atoms with Crippen LogP contribution in [0.2, 0.25) is 19.6 Å². The van der Waals surface area contributed by atoms with Crippen molar-refractivity contribution in [2.45, 2.75) is 72.5 Å². The molecular formula is C46H46IrN2OSi-2. The zero-order valence-electron chi connectivity index (χ0n) is 30.6. The summed E-state index contributed by atoms with van der Waals surface area (Å²) in [4.78, 5) is 9.48. The zero-order valence-corrected chi connectivity index (χ0v) is 34.0. The molecule has 3 heterocycles. The molecule has 0 spiro atoms. The first-order valence-corrected chi connectivity index (χ1v) is 21.4. The van der Waals surface area contributed by atoms with Crippen molar-refractivity contribution in [3.63, 3.8) is 0 Å². The van der Waals surface area contributed by atoms with Crippen molar-refractivity contribution in [3.8, 4) is 33.6 Å². The van der Waals surface area contributed by atoms with E-state index in [0.29, 0.717) is 0 Å². The van der Waals surface area contributed by atoms with Crippen molar-refractivity contribution in [2.75, 3.05) is 0 Å². The van der Waals surface area contributed by atoms with E-state index in [1.54, 1.807) is 0 Å². The normalized spacial score (nSPS) is 12.9. The van der Waals surface area contributed by atoms with Crippen LogP contribution < -0.4 is 5.19 Å². The number of pyridine rings is 2. The molecule has 0 unspecified atom stereocenters. The monoisotopic (exact) mass is 863 g/mol. The van der Waals surface area contributed by atoms with E-state index in [9.17, 15) is 0 Å². The van der Waals surface area contributed by atoms with Gasteiger partial charge in [0, 0.05) is 37.9 Å². The molecule has 0 fully saturated rings. The van der Waals surface area contributed by atoms with E-state index in [1.165, 1.54) is 45.8 Å². The van der Waals surface area contributed by atoms with Crippen molar-refractivity contribution in [1.82, 2.24) is 9.97 Å². The summed E-state index contributed by atoms with van der Waals surface area (Å²) in [6, 6.07) is 40.2. The molecule has 3 aromatic heterocycles. The third kappa shape index (κ3) is 8.02. The van der Waals surface area contributed by atoms with Crippen molar-refractivity contribution >= 4 is 35.2 Å². The van der Waals surface area contributed by atoms with Gasteiger partial charge < -0.3 is 14.4 Å². The third-order valence-corrected chi connectivity index (χ3v) is 11.6. The molecule has 0 saturated heterocycles. The number of hydrogen-bond donors (Lipinski definition) is 0. The molecule has 0 atom stereocenters. The Bertz CT molecular complexity index is 2260. The quantitative estimate of drug-likeness (QED) is 0.128. The van der Waals surface area contributed by atoms with Gasteiger partial charge in [0.05, 0.1) is 13.7 Å². The molecule has 0 aliphatic heterocycles. The van der Waals surface area contributed by atoms with Gasteiger partial charge in [-0.3, -0.25) is 0 Å². The maximum atomic E-state index is 6.42. The second-order valence-electron chi connectivity index (χ2n) is 15.7. The van der Waals surface area contributed by atoms with Crippen LogP contribution >= 0.6 is 0 Å². The van der Waals surface area contributed by atoms with Crippen LogP contribution in [-0.4, -0.2) is 18.0 Å². The number of hydrogen-bond acceptors (Lipinski definition) is 3. The minimum atomic E-state index is -1.37. The minimum absolute atomic E-state index is 0. The van der Waals surface area contributed by atoms with E-state index in [2.05, 4.69) is 125 Å². The first-order chi connectivity index (χ1) is 24.1. The fraction of sp³-hybridized carbons (Fsp3) is 0.261. The fourth-order valence-corrected chi connectivity index (χ4v) is 8.87. The number of fused-ring (bicyclic) bond motifs is 4. The standard InChI is InChI=1S/C27H20NO.C19H26NSi.Ir/c1-2-8-18(9-3-1)20-12-7-15-24-25(20)22-13-6-14-23(27(22)29-24)26-21-11-5-4-10-19(21)16-17-28-26;1-19(2,3)13-16-12-17(15-10-8-7-9-11-15)20-14-18(16)21(4,5)6;/h1-3,6-9,12-13,15-17H,4-5,10-11H2;7-10,12,14H,13H2,1-6H3;/q2*-1;. The summed E-state index contributed by atoms with van der Waals surface area (Å²) in [7, 11) is -1.37. The molecule has 51 heavy (non-hydrogen) atoms. The van der Waals surface area contributed by atoms with Gasteiger partial charge in [0.1, 0.15) is 5.58 Å². The molecule has 0 amide bonds. The summed E-state index contributed by atoms with van der Waals surface area (Å²) < 4.78 is 6.42. The summed E-state index contributed by atoms with van der Waals surface area (Å²) >= 11 is 0. The Morgan fingerprint density at radius 3 is 2.33 bits per heavy atom. The number of aromatic nitrogens is 2. The van der Waals surface area contributed by atoms with Gasteiger partial charge in [-0.05, 0) is 77.4 Å².